The van der Waals surface area contributed by atoms with Crippen LogP contribution in [0.3, 0.4) is 0 Å². The second-order valence-electron chi connectivity index (χ2n) is 3.72. The number of nitrogens with one attached hydrogen (secondary N) is 1. The summed E-state index contributed by atoms with van der Waals surface area (Å²) in [5.74, 6) is 0.245. The van der Waals surface area contributed by atoms with Crippen LogP contribution in [0.1, 0.15) is 20.8 Å². The molecule has 0 amide bonds. The van der Waals surface area contributed by atoms with Crippen molar-refractivity contribution in [1.29, 1.82) is 0 Å². The number of hydrogen-bond acceptors (Lipinski definition) is 5. The third-order valence-electron chi connectivity index (χ3n) is 1.99. The Labute approximate surface area is 97.9 Å². The lowest BCUT2D eigenvalue weighted by Crippen LogP contribution is -2.39. The Hall–Kier alpha value is -0.650. The van der Waals surface area contributed by atoms with Crippen LogP contribution in [0.4, 0.5) is 5.95 Å². The van der Waals surface area contributed by atoms with Crippen LogP contribution in [-0.2, 0) is 0 Å². The number of nitrogens with zero attached hydrogens (tertiary/aromatic N) is 3. The maximum absolute atomic E-state index is 9.69. The second kappa shape index (κ2) is 4.47. The fraction of sp³-hybridized carbons (Fsp3) is 0.625. The van der Waals surface area contributed by atoms with Crippen LogP contribution in [0.2, 0.25) is 10.6 Å². The van der Waals surface area contributed by atoms with Crippen molar-refractivity contribution in [2.45, 2.75) is 32.4 Å². The quantitative estimate of drug-likeness (QED) is 0.856. The first kappa shape index (κ1) is 12.4. The molecule has 0 saturated carbocycles. The van der Waals surface area contributed by atoms with E-state index in [4.69, 9.17) is 23.2 Å². The van der Waals surface area contributed by atoms with Crippen molar-refractivity contribution in [2.24, 2.45) is 0 Å². The average molecular weight is 251 g/mol. The van der Waals surface area contributed by atoms with E-state index in [-0.39, 0.29) is 22.6 Å². The SMILES string of the molecule is CC(Nc1nc(Cl)nc(Cl)n1)C(C)(C)O. The smallest absolute Gasteiger partial charge is 0.228 e. The molecule has 84 valence electrons. The van der Waals surface area contributed by atoms with Crippen molar-refractivity contribution in [3.05, 3.63) is 10.6 Å². The summed E-state index contributed by atoms with van der Waals surface area (Å²) >= 11 is 11.2. The minimum atomic E-state index is -0.897. The molecular formula is C8H12Cl2N4O. The van der Waals surface area contributed by atoms with Crippen LogP contribution in [0.15, 0.2) is 0 Å². The molecule has 0 saturated heterocycles. The van der Waals surface area contributed by atoms with Crippen molar-refractivity contribution in [3.63, 3.8) is 0 Å². The van der Waals surface area contributed by atoms with Crippen molar-refractivity contribution in [2.75, 3.05) is 5.32 Å². The Balaban J connectivity index is 2.81. The van der Waals surface area contributed by atoms with Crippen molar-refractivity contribution in [1.82, 2.24) is 15.0 Å². The molecule has 0 fully saturated rings. The van der Waals surface area contributed by atoms with Gasteiger partial charge in [-0.2, -0.15) is 15.0 Å². The lowest BCUT2D eigenvalue weighted by molar-refractivity contribution is 0.0646. The predicted octanol–water partition coefficient (Wildman–Crippen LogP) is 1.75. The molecule has 0 aromatic carbocycles. The van der Waals surface area contributed by atoms with Gasteiger partial charge >= 0.3 is 0 Å². The zero-order valence-corrected chi connectivity index (χ0v) is 10.1. The van der Waals surface area contributed by atoms with E-state index in [1.54, 1.807) is 20.8 Å². The summed E-state index contributed by atoms with van der Waals surface area (Å²) in [7, 11) is 0. The van der Waals surface area contributed by atoms with Crippen LogP contribution in [0.25, 0.3) is 0 Å². The molecule has 1 rings (SSSR count). The number of aliphatic hydroxyl groups is 1. The fourth-order valence-electron chi connectivity index (χ4n) is 0.761. The molecule has 0 radical (unpaired) electrons. The molecule has 5 nitrogen and oxygen atoms in total. The predicted molar refractivity (Wildman–Crippen MR) is 59.2 cm³/mol. The van der Waals surface area contributed by atoms with Crippen molar-refractivity contribution in [3.8, 4) is 0 Å². The minimum absolute atomic E-state index is 0.0143. The summed E-state index contributed by atoms with van der Waals surface area (Å²) in [6.45, 7) is 5.15. The summed E-state index contributed by atoms with van der Waals surface area (Å²) in [6, 6.07) is -0.243. The standard InChI is InChI=1S/C8H12Cl2N4O/c1-4(8(2,3)15)11-7-13-5(9)12-6(10)14-7/h4,15H,1-3H3,(H,11,12,13,14). The molecular weight excluding hydrogens is 239 g/mol. The molecule has 0 aliphatic rings. The maximum atomic E-state index is 9.69. The minimum Gasteiger partial charge on any atom is -0.388 e. The summed E-state index contributed by atoms with van der Waals surface area (Å²) in [5.41, 5.74) is -0.897. The number of rotatable bonds is 3. The maximum Gasteiger partial charge on any atom is 0.228 e. The lowest BCUT2D eigenvalue weighted by atomic mass is 10.0. The first-order valence-corrected chi connectivity index (χ1v) is 5.10. The van der Waals surface area contributed by atoms with Crippen molar-refractivity contribution < 1.29 is 5.11 Å². The van der Waals surface area contributed by atoms with Gasteiger partial charge in [0.05, 0.1) is 11.6 Å². The Bertz CT molecular complexity index is 333. The van der Waals surface area contributed by atoms with E-state index in [9.17, 15) is 5.11 Å². The summed E-state index contributed by atoms with van der Waals surface area (Å²) < 4.78 is 0. The largest absolute Gasteiger partial charge is 0.388 e. The Morgan fingerprint density at radius 2 is 1.67 bits per heavy atom. The summed E-state index contributed by atoms with van der Waals surface area (Å²) in [5, 5.41) is 12.6. The van der Waals surface area contributed by atoms with Gasteiger partial charge in [0.25, 0.3) is 0 Å². The van der Waals surface area contributed by atoms with Crippen LogP contribution in [0, 0.1) is 0 Å². The van der Waals surface area contributed by atoms with Crippen LogP contribution in [0.5, 0.6) is 0 Å². The van der Waals surface area contributed by atoms with E-state index in [1.165, 1.54) is 0 Å². The first-order valence-electron chi connectivity index (χ1n) is 4.35. The normalized spacial score (nSPS) is 13.7. The van der Waals surface area contributed by atoms with Gasteiger partial charge in [0.2, 0.25) is 16.5 Å². The number of hydrogen-bond donors (Lipinski definition) is 2. The molecule has 1 heterocycles. The molecule has 1 atom stereocenters. The van der Waals surface area contributed by atoms with E-state index in [0.717, 1.165) is 0 Å². The third kappa shape index (κ3) is 3.77. The van der Waals surface area contributed by atoms with Gasteiger partial charge in [-0.15, -0.1) is 0 Å². The molecule has 0 spiro atoms. The highest BCUT2D eigenvalue weighted by molar-refractivity contribution is 6.31. The lowest BCUT2D eigenvalue weighted by Gasteiger charge is -2.26. The van der Waals surface area contributed by atoms with E-state index in [1.807, 2.05) is 0 Å². The molecule has 2 N–H and O–H groups in total. The highest BCUT2D eigenvalue weighted by Gasteiger charge is 2.23. The molecule has 0 aliphatic heterocycles. The molecule has 0 aliphatic carbocycles. The van der Waals surface area contributed by atoms with Gasteiger partial charge in [0.1, 0.15) is 0 Å². The molecule has 1 unspecified atom stereocenters. The van der Waals surface area contributed by atoms with Gasteiger partial charge in [-0.25, -0.2) is 0 Å². The van der Waals surface area contributed by atoms with Gasteiger partial charge in [0, 0.05) is 0 Å². The molecule has 1 aromatic rings. The Kier molecular flexibility index (Phi) is 3.70. The van der Waals surface area contributed by atoms with Crippen LogP contribution in [-0.4, -0.2) is 31.7 Å². The molecule has 7 heteroatoms. The van der Waals surface area contributed by atoms with E-state index < -0.39 is 5.60 Å². The first-order chi connectivity index (χ1) is 6.79. The highest BCUT2D eigenvalue weighted by Crippen LogP contribution is 2.15. The van der Waals surface area contributed by atoms with Gasteiger partial charge < -0.3 is 10.4 Å². The van der Waals surface area contributed by atoms with Crippen molar-refractivity contribution >= 4 is 29.2 Å². The zero-order chi connectivity index (χ0) is 11.6. The van der Waals surface area contributed by atoms with E-state index >= 15 is 0 Å². The second-order valence-corrected chi connectivity index (χ2v) is 4.39. The number of aromatic nitrogens is 3. The van der Waals surface area contributed by atoms with Crippen LogP contribution < -0.4 is 5.32 Å². The monoisotopic (exact) mass is 250 g/mol. The Morgan fingerprint density at radius 1 is 1.20 bits per heavy atom. The van der Waals surface area contributed by atoms with Gasteiger partial charge in [-0.1, -0.05) is 0 Å². The average Bonchev–Trinajstić information content (AvgIpc) is 1.99. The number of halogens is 2. The summed E-state index contributed by atoms with van der Waals surface area (Å²) in [4.78, 5) is 11.3. The van der Waals surface area contributed by atoms with E-state index in [2.05, 4.69) is 20.3 Å². The van der Waals surface area contributed by atoms with Gasteiger partial charge in [0.15, 0.2) is 0 Å². The highest BCUT2D eigenvalue weighted by atomic mass is 35.5. The topological polar surface area (TPSA) is 70.9 Å². The zero-order valence-electron chi connectivity index (χ0n) is 8.62. The van der Waals surface area contributed by atoms with E-state index in [0.29, 0.717) is 0 Å². The molecule has 15 heavy (non-hydrogen) atoms. The van der Waals surface area contributed by atoms with Crippen LogP contribution >= 0.6 is 23.2 Å². The fourth-order valence-corrected chi connectivity index (χ4v) is 1.12. The van der Waals surface area contributed by atoms with Gasteiger partial charge in [-0.3, -0.25) is 0 Å². The third-order valence-corrected chi connectivity index (χ3v) is 2.32. The Morgan fingerprint density at radius 3 is 2.07 bits per heavy atom. The molecule has 0 bridgehead atoms. The molecule has 1 aromatic heterocycles. The summed E-state index contributed by atoms with van der Waals surface area (Å²) in [6.07, 6.45) is 0. The van der Waals surface area contributed by atoms with Gasteiger partial charge in [-0.05, 0) is 44.0 Å². The number of anilines is 1.